The van der Waals surface area contributed by atoms with Crippen LogP contribution in [-0.4, -0.2) is 16.3 Å². The van der Waals surface area contributed by atoms with E-state index >= 15 is 0 Å². The summed E-state index contributed by atoms with van der Waals surface area (Å²) in [6.45, 7) is 5.53. The Labute approximate surface area is 121 Å². The van der Waals surface area contributed by atoms with Crippen LogP contribution in [-0.2, 0) is 0 Å². The third-order valence-corrected chi connectivity index (χ3v) is 4.31. The molecular weight excluding hydrogens is 246 g/mol. The van der Waals surface area contributed by atoms with Crippen molar-refractivity contribution in [1.29, 1.82) is 0 Å². The van der Waals surface area contributed by atoms with Gasteiger partial charge in [-0.2, -0.15) is 5.10 Å². The highest BCUT2D eigenvalue weighted by molar-refractivity contribution is 5.33. The number of nitrogens with zero attached hydrogens (tertiary/aromatic N) is 2. The second-order valence-electron chi connectivity index (χ2n) is 5.74. The van der Waals surface area contributed by atoms with Crippen molar-refractivity contribution in [3.63, 3.8) is 0 Å². The zero-order valence-corrected chi connectivity index (χ0v) is 12.3. The largest absolute Gasteiger partial charge is 0.309 e. The summed E-state index contributed by atoms with van der Waals surface area (Å²) in [5, 5.41) is 8.18. The highest BCUT2D eigenvalue weighted by Gasteiger charge is 2.35. The van der Waals surface area contributed by atoms with E-state index < -0.39 is 0 Å². The summed E-state index contributed by atoms with van der Waals surface area (Å²) in [4.78, 5) is 0. The molecule has 0 bridgehead atoms. The van der Waals surface area contributed by atoms with Crippen LogP contribution >= 0.6 is 0 Å². The number of hydrogen-bond acceptors (Lipinski definition) is 2. The van der Waals surface area contributed by atoms with Crippen molar-refractivity contribution >= 4 is 0 Å². The van der Waals surface area contributed by atoms with E-state index in [0.717, 1.165) is 18.2 Å². The first-order valence-corrected chi connectivity index (χ1v) is 7.64. The van der Waals surface area contributed by atoms with Gasteiger partial charge in [-0.1, -0.05) is 32.0 Å². The van der Waals surface area contributed by atoms with Crippen LogP contribution in [0.1, 0.15) is 38.4 Å². The van der Waals surface area contributed by atoms with E-state index in [9.17, 15) is 0 Å². The minimum Gasteiger partial charge on any atom is -0.309 e. The molecule has 3 heteroatoms. The Kier molecular flexibility index (Phi) is 3.88. The molecule has 2 unspecified atom stereocenters. The standard InChI is InChI=1S/C17H23N3/c1-3-18-17(13(2)14-9-10-14)16-11-12-19-20(16)15-7-5-4-6-8-15/h4-8,11-14,17-18H,3,9-10H2,1-2H3. The maximum Gasteiger partial charge on any atom is 0.0649 e. The van der Waals surface area contributed by atoms with Crippen LogP contribution in [0.2, 0.25) is 0 Å². The predicted molar refractivity (Wildman–Crippen MR) is 81.9 cm³/mol. The Morgan fingerprint density at radius 3 is 2.65 bits per heavy atom. The van der Waals surface area contributed by atoms with E-state index in [-0.39, 0.29) is 0 Å². The number of benzene rings is 1. The molecule has 0 spiro atoms. The lowest BCUT2D eigenvalue weighted by Gasteiger charge is -2.25. The van der Waals surface area contributed by atoms with E-state index in [0.29, 0.717) is 12.0 Å². The molecule has 1 heterocycles. The number of nitrogens with one attached hydrogen (secondary N) is 1. The smallest absolute Gasteiger partial charge is 0.0649 e. The van der Waals surface area contributed by atoms with Gasteiger partial charge >= 0.3 is 0 Å². The molecule has 0 amide bonds. The Morgan fingerprint density at radius 2 is 2.00 bits per heavy atom. The first-order valence-electron chi connectivity index (χ1n) is 7.64. The number of hydrogen-bond donors (Lipinski definition) is 1. The molecule has 1 aromatic carbocycles. The second-order valence-corrected chi connectivity index (χ2v) is 5.74. The molecule has 2 aromatic rings. The fourth-order valence-electron chi connectivity index (χ4n) is 3.01. The lowest BCUT2D eigenvalue weighted by molar-refractivity contribution is 0.343. The summed E-state index contributed by atoms with van der Waals surface area (Å²) in [5.41, 5.74) is 2.41. The van der Waals surface area contributed by atoms with E-state index in [1.807, 2.05) is 12.3 Å². The Hall–Kier alpha value is -1.61. The summed E-state index contributed by atoms with van der Waals surface area (Å²) < 4.78 is 2.08. The quantitative estimate of drug-likeness (QED) is 0.869. The van der Waals surface area contributed by atoms with Crippen LogP contribution in [0.25, 0.3) is 5.69 Å². The summed E-state index contributed by atoms with van der Waals surface area (Å²) in [6.07, 6.45) is 4.66. The molecule has 3 rings (SSSR count). The van der Waals surface area contributed by atoms with Gasteiger partial charge in [-0.25, -0.2) is 4.68 Å². The molecule has 3 nitrogen and oxygen atoms in total. The third-order valence-electron chi connectivity index (χ3n) is 4.31. The molecular formula is C17H23N3. The van der Waals surface area contributed by atoms with Gasteiger partial charge in [0, 0.05) is 6.20 Å². The van der Waals surface area contributed by atoms with Gasteiger partial charge in [0.2, 0.25) is 0 Å². The molecule has 1 fully saturated rings. The van der Waals surface area contributed by atoms with Gasteiger partial charge in [0.05, 0.1) is 17.4 Å². The summed E-state index contributed by atoms with van der Waals surface area (Å²) in [5.74, 6) is 1.53. The zero-order chi connectivity index (χ0) is 13.9. The number of para-hydroxylation sites is 1. The lowest BCUT2D eigenvalue weighted by atomic mass is 9.94. The monoisotopic (exact) mass is 269 g/mol. The van der Waals surface area contributed by atoms with Crippen molar-refractivity contribution in [3.05, 3.63) is 48.3 Å². The van der Waals surface area contributed by atoms with Crippen LogP contribution in [0.15, 0.2) is 42.6 Å². The Bertz CT molecular complexity index is 542. The van der Waals surface area contributed by atoms with E-state index in [1.165, 1.54) is 18.5 Å². The molecule has 1 aromatic heterocycles. The summed E-state index contributed by atoms with van der Waals surface area (Å²) in [6, 6.07) is 12.9. The maximum absolute atomic E-state index is 4.53. The molecule has 106 valence electrons. The lowest BCUT2D eigenvalue weighted by Crippen LogP contribution is -2.29. The van der Waals surface area contributed by atoms with Crippen molar-refractivity contribution in [2.45, 2.75) is 32.7 Å². The summed E-state index contributed by atoms with van der Waals surface area (Å²) in [7, 11) is 0. The SMILES string of the molecule is CCNC(c1ccnn1-c1ccccc1)C(C)C1CC1. The highest BCUT2D eigenvalue weighted by Crippen LogP contribution is 2.42. The van der Waals surface area contributed by atoms with Crippen molar-refractivity contribution in [2.75, 3.05) is 6.54 Å². The molecule has 1 N–H and O–H groups in total. The Morgan fingerprint density at radius 1 is 1.25 bits per heavy atom. The number of aromatic nitrogens is 2. The van der Waals surface area contributed by atoms with Gasteiger partial charge in [0.1, 0.15) is 0 Å². The van der Waals surface area contributed by atoms with Crippen molar-refractivity contribution in [2.24, 2.45) is 11.8 Å². The molecule has 1 aliphatic carbocycles. The molecule has 1 saturated carbocycles. The fraction of sp³-hybridized carbons (Fsp3) is 0.471. The van der Waals surface area contributed by atoms with Gasteiger partial charge in [-0.05, 0) is 49.4 Å². The Balaban J connectivity index is 1.93. The van der Waals surface area contributed by atoms with Gasteiger partial charge in [0.15, 0.2) is 0 Å². The fourth-order valence-corrected chi connectivity index (χ4v) is 3.01. The molecule has 1 aliphatic rings. The zero-order valence-electron chi connectivity index (χ0n) is 12.3. The molecule has 0 radical (unpaired) electrons. The van der Waals surface area contributed by atoms with E-state index in [1.54, 1.807) is 0 Å². The van der Waals surface area contributed by atoms with Crippen LogP contribution in [0.5, 0.6) is 0 Å². The average molecular weight is 269 g/mol. The van der Waals surface area contributed by atoms with Crippen molar-refractivity contribution < 1.29 is 0 Å². The predicted octanol–water partition coefficient (Wildman–Crippen LogP) is 3.57. The minimum atomic E-state index is 0.384. The van der Waals surface area contributed by atoms with Gasteiger partial charge in [-0.3, -0.25) is 0 Å². The van der Waals surface area contributed by atoms with E-state index in [4.69, 9.17) is 0 Å². The van der Waals surface area contributed by atoms with Crippen molar-refractivity contribution in [3.8, 4) is 5.69 Å². The molecule has 0 saturated heterocycles. The maximum atomic E-state index is 4.53. The van der Waals surface area contributed by atoms with Gasteiger partial charge in [-0.15, -0.1) is 0 Å². The number of rotatable bonds is 6. The van der Waals surface area contributed by atoms with Crippen molar-refractivity contribution in [1.82, 2.24) is 15.1 Å². The van der Waals surface area contributed by atoms with Crippen LogP contribution in [0.4, 0.5) is 0 Å². The van der Waals surface area contributed by atoms with Crippen LogP contribution < -0.4 is 5.32 Å². The molecule has 0 aliphatic heterocycles. The summed E-state index contributed by atoms with van der Waals surface area (Å²) >= 11 is 0. The first-order chi connectivity index (χ1) is 9.81. The van der Waals surface area contributed by atoms with Gasteiger partial charge < -0.3 is 5.32 Å². The topological polar surface area (TPSA) is 29.9 Å². The van der Waals surface area contributed by atoms with Gasteiger partial charge in [0.25, 0.3) is 0 Å². The highest BCUT2D eigenvalue weighted by atomic mass is 15.3. The minimum absolute atomic E-state index is 0.384. The third kappa shape index (κ3) is 2.63. The van der Waals surface area contributed by atoms with Crippen LogP contribution in [0.3, 0.4) is 0 Å². The average Bonchev–Trinajstić information content (AvgIpc) is 3.23. The van der Waals surface area contributed by atoms with Crippen LogP contribution in [0, 0.1) is 11.8 Å². The normalized spacial score (nSPS) is 17.9. The first kappa shape index (κ1) is 13.4. The molecule has 20 heavy (non-hydrogen) atoms. The van der Waals surface area contributed by atoms with E-state index in [2.05, 4.69) is 59.3 Å². The second kappa shape index (κ2) is 5.80. The molecule has 2 atom stereocenters.